The van der Waals surface area contributed by atoms with Crippen LogP contribution in [0.25, 0.3) is 0 Å². The minimum Gasteiger partial charge on any atom is -0.456 e. The van der Waals surface area contributed by atoms with E-state index in [0.29, 0.717) is 17.1 Å². The van der Waals surface area contributed by atoms with Gasteiger partial charge in [0.05, 0.1) is 5.56 Å². The molecule has 28 heavy (non-hydrogen) atoms. The molecule has 0 saturated carbocycles. The molecule has 1 N–H and O–H groups in total. The largest absolute Gasteiger partial charge is 0.456 e. The van der Waals surface area contributed by atoms with Gasteiger partial charge in [0.1, 0.15) is 11.5 Å². The lowest BCUT2D eigenvalue weighted by Crippen LogP contribution is -2.33. The fraction of sp³-hybridized carbons (Fsp3) is 0.174. The highest BCUT2D eigenvalue weighted by atomic mass is 16.6. The Morgan fingerprint density at radius 3 is 2.36 bits per heavy atom. The van der Waals surface area contributed by atoms with Crippen molar-refractivity contribution in [3.05, 3.63) is 82.9 Å². The summed E-state index contributed by atoms with van der Waals surface area (Å²) < 4.78 is 12.4. The summed E-state index contributed by atoms with van der Waals surface area (Å²) in [6, 6.07) is 19.5. The van der Waals surface area contributed by atoms with Gasteiger partial charge in [-0.05, 0) is 30.3 Å². The summed E-state index contributed by atoms with van der Waals surface area (Å²) in [5, 5.41) is 3.14. The minimum absolute atomic E-state index is 0.316. The number of rotatable bonds is 2. The normalized spacial score (nSPS) is 18.6. The average molecular weight is 372 g/mol. The Bertz CT molecular complexity index is 1120. The molecule has 1 spiro atoms. The molecule has 5 nitrogen and oxygen atoms in total. The molecule has 5 heteroatoms. The standard InChI is InChI=1S/C23H20N2O3/c1-24-14-8-10-18-20(12-14)27-21-13-15(25(2)3)9-11-19(21)23(18)17-7-5-4-6-16(17)22(26)28-23/h4-13,24H,1-3H3. The first-order valence-electron chi connectivity index (χ1n) is 9.19. The molecule has 0 amide bonds. The highest BCUT2D eigenvalue weighted by Crippen LogP contribution is 2.56. The van der Waals surface area contributed by atoms with Crippen LogP contribution in [-0.4, -0.2) is 27.1 Å². The third-order valence-corrected chi connectivity index (χ3v) is 5.50. The lowest BCUT2D eigenvalue weighted by molar-refractivity contribution is 0.0224. The zero-order valence-corrected chi connectivity index (χ0v) is 15.9. The number of anilines is 2. The van der Waals surface area contributed by atoms with Crippen LogP contribution < -0.4 is 15.0 Å². The molecule has 0 aromatic heterocycles. The molecule has 0 fully saturated rings. The second kappa shape index (κ2) is 5.76. The van der Waals surface area contributed by atoms with Crippen molar-refractivity contribution in [3.8, 4) is 11.5 Å². The smallest absolute Gasteiger partial charge is 0.340 e. The highest BCUT2D eigenvalue weighted by Gasteiger charge is 2.53. The van der Waals surface area contributed by atoms with Crippen LogP contribution in [0.1, 0.15) is 27.0 Å². The maximum atomic E-state index is 12.8. The van der Waals surface area contributed by atoms with Crippen LogP contribution in [0, 0.1) is 0 Å². The van der Waals surface area contributed by atoms with E-state index in [1.165, 1.54) is 0 Å². The number of hydrogen-bond acceptors (Lipinski definition) is 5. The minimum atomic E-state index is -1.01. The van der Waals surface area contributed by atoms with Crippen LogP contribution in [0.2, 0.25) is 0 Å². The molecule has 2 aliphatic heterocycles. The predicted octanol–water partition coefficient (Wildman–Crippen LogP) is 4.36. The molecule has 0 bridgehead atoms. The van der Waals surface area contributed by atoms with Crippen molar-refractivity contribution in [1.82, 2.24) is 0 Å². The quantitative estimate of drug-likeness (QED) is 0.677. The first-order valence-corrected chi connectivity index (χ1v) is 9.19. The highest BCUT2D eigenvalue weighted by molar-refractivity contribution is 5.97. The molecule has 140 valence electrons. The Labute approximate surface area is 163 Å². The van der Waals surface area contributed by atoms with Crippen molar-refractivity contribution in [2.45, 2.75) is 5.60 Å². The first kappa shape index (κ1) is 16.7. The van der Waals surface area contributed by atoms with Crippen LogP contribution in [0.5, 0.6) is 11.5 Å². The van der Waals surface area contributed by atoms with Gasteiger partial charge in [0.25, 0.3) is 0 Å². The van der Waals surface area contributed by atoms with E-state index in [2.05, 4.69) is 5.32 Å². The summed E-state index contributed by atoms with van der Waals surface area (Å²) in [4.78, 5) is 14.8. The SMILES string of the molecule is CNc1ccc2c(c1)Oc1cc(N(C)C)ccc1C21OC(=O)c2ccccc21. The second-order valence-electron chi connectivity index (χ2n) is 7.25. The van der Waals surface area contributed by atoms with Gasteiger partial charge in [-0.25, -0.2) is 4.79 Å². The monoisotopic (exact) mass is 372 g/mol. The van der Waals surface area contributed by atoms with Crippen molar-refractivity contribution in [2.75, 3.05) is 31.4 Å². The van der Waals surface area contributed by atoms with Gasteiger partial charge in [0, 0.05) is 61.3 Å². The van der Waals surface area contributed by atoms with E-state index in [9.17, 15) is 4.79 Å². The summed E-state index contributed by atoms with van der Waals surface area (Å²) in [7, 11) is 5.83. The van der Waals surface area contributed by atoms with Crippen molar-refractivity contribution in [2.24, 2.45) is 0 Å². The van der Waals surface area contributed by atoms with Crippen molar-refractivity contribution >= 4 is 17.3 Å². The Morgan fingerprint density at radius 1 is 0.893 bits per heavy atom. The van der Waals surface area contributed by atoms with Crippen LogP contribution in [0.15, 0.2) is 60.7 Å². The van der Waals surface area contributed by atoms with E-state index in [-0.39, 0.29) is 5.97 Å². The molecule has 1 atom stereocenters. The van der Waals surface area contributed by atoms with Gasteiger partial charge in [-0.3, -0.25) is 0 Å². The number of esters is 1. The Morgan fingerprint density at radius 2 is 1.61 bits per heavy atom. The maximum absolute atomic E-state index is 12.8. The molecule has 2 aliphatic rings. The predicted molar refractivity (Wildman–Crippen MR) is 109 cm³/mol. The Hall–Kier alpha value is -3.47. The van der Waals surface area contributed by atoms with Crippen LogP contribution in [-0.2, 0) is 10.3 Å². The molecule has 3 aromatic rings. The van der Waals surface area contributed by atoms with Crippen molar-refractivity contribution in [1.29, 1.82) is 0 Å². The van der Waals surface area contributed by atoms with Crippen molar-refractivity contribution in [3.63, 3.8) is 0 Å². The number of benzene rings is 3. The molecular formula is C23H20N2O3. The van der Waals surface area contributed by atoms with E-state index in [0.717, 1.165) is 28.1 Å². The molecule has 5 rings (SSSR count). The maximum Gasteiger partial charge on any atom is 0.340 e. The fourth-order valence-electron chi connectivity index (χ4n) is 4.10. The van der Waals surface area contributed by atoms with Gasteiger partial charge in [0.2, 0.25) is 0 Å². The van der Waals surface area contributed by atoms with Gasteiger partial charge in [0.15, 0.2) is 5.60 Å². The number of carbonyl (C=O) groups is 1. The number of nitrogens with one attached hydrogen (secondary N) is 1. The Balaban J connectivity index is 1.84. The summed E-state index contributed by atoms with van der Waals surface area (Å²) in [6.45, 7) is 0. The molecule has 0 aliphatic carbocycles. The number of hydrogen-bond donors (Lipinski definition) is 1. The number of nitrogens with zero attached hydrogens (tertiary/aromatic N) is 1. The van der Waals surface area contributed by atoms with Gasteiger partial charge in [-0.1, -0.05) is 18.2 Å². The van der Waals surface area contributed by atoms with Gasteiger partial charge in [-0.15, -0.1) is 0 Å². The molecule has 0 saturated heterocycles. The lowest BCUT2D eigenvalue weighted by atomic mass is 9.77. The summed E-state index contributed by atoms with van der Waals surface area (Å²) in [5.41, 5.74) is 4.04. The van der Waals surface area contributed by atoms with Gasteiger partial charge in [-0.2, -0.15) is 0 Å². The van der Waals surface area contributed by atoms with E-state index < -0.39 is 5.60 Å². The molecule has 2 heterocycles. The Kier molecular flexibility index (Phi) is 3.43. The first-order chi connectivity index (χ1) is 13.5. The van der Waals surface area contributed by atoms with E-state index in [4.69, 9.17) is 9.47 Å². The molecular weight excluding hydrogens is 352 g/mol. The zero-order valence-electron chi connectivity index (χ0n) is 15.9. The second-order valence-corrected chi connectivity index (χ2v) is 7.25. The zero-order chi connectivity index (χ0) is 19.5. The van der Waals surface area contributed by atoms with Gasteiger partial charge < -0.3 is 19.7 Å². The summed E-state index contributed by atoms with van der Waals surface area (Å²) in [5.74, 6) is 1.06. The molecule has 1 unspecified atom stereocenters. The average Bonchev–Trinajstić information content (AvgIpc) is 3.01. The molecule has 3 aromatic carbocycles. The topological polar surface area (TPSA) is 50.8 Å². The lowest BCUT2D eigenvalue weighted by Gasteiger charge is -2.37. The molecule has 0 radical (unpaired) electrons. The number of carbonyl (C=O) groups excluding carboxylic acids is 1. The fourth-order valence-corrected chi connectivity index (χ4v) is 4.10. The third kappa shape index (κ3) is 2.10. The number of fused-ring (bicyclic) bond motifs is 6. The van der Waals surface area contributed by atoms with Gasteiger partial charge >= 0.3 is 5.97 Å². The van der Waals surface area contributed by atoms with E-state index in [1.807, 2.05) is 86.7 Å². The summed E-state index contributed by atoms with van der Waals surface area (Å²) in [6.07, 6.45) is 0. The number of ether oxygens (including phenoxy) is 2. The summed E-state index contributed by atoms with van der Waals surface area (Å²) >= 11 is 0. The van der Waals surface area contributed by atoms with Crippen LogP contribution in [0.4, 0.5) is 11.4 Å². The third-order valence-electron chi connectivity index (χ3n) is 5.50. The van der Waals surface area contributed by atoms with E-state index in [1.54, 1.807) is 0 Å². The van der Waals surface area contributed by atoms with Crippen LogP contribution >= 0.6 is 0 Å². The van der Waals surface area contributed by atoms with Crippen LogP contribution in [0.3, 0.4) is 0 Å². The van der Waals surface area contributed by atoms with Crippen molar-refractivity contribution < 1.29 is 14.3 Å². The van der Waals surface area contributed by atoms with E-state index >= 15 is 0 Å².